The van der Waals surface area contributed by atoms with E-state index in [9.17, 15) is 0 Å². The molecule has 3 nitrogen and oxygen atoms in total. The molecule has 0 radical (unpaired) electrons. The molecule has 2 aliphatic heterocycles. The average molecular weight is 264 g/mol. The van der Waals surface area contributed by atoms with E-state index in [-0.39, 0.29) is 5.72 Å². The third-order valence-electron chi connectivity index (χ3n) is 4.27. The molecule has 100 valence electrons. The van der Waals surface area contributed by atoms with Crippen LogP contribution in [0, 0.1) is 0 Å². The Labute approximate surface area is 118 Å². The minimum Gasteiger partial charge on any atom is -0.262 e. The van der Waals surface area contributed by atoms with Crippen molar-refractivity contribution in [1.82, 2.24) is 5.06 Å². The number of nitrogens with zero attached hydrogens (tertiary/aromatic N) is 2. The van der Waals surface area contributed by atoms with E-state index in [0.29, 0.717) is 0 Å². The Morgan fingerprint density at radius 2 is 1.40 bits per heavy atom. The Bertz CT molecular complexity index is 641. The standard InChI is InChI=1S/C17H16N2O/c1-13-16(2)19(20-16)17(18-13,14-9-5-3-6-10-14)15-11-7-4-8-12-15/h3-12H,1-2H3. The first-order chi connectivity index (χ1) is 9.68. The summed E-state index contributed by atoms with van der Waals surface area (Å²) < 4.78 is 0. The lowest BCUT2D eigenvalue weighted by Crippen LogP contribution is -2.33. The topological polar surface area (TPSA) is 27.9 Å². The molecular formula is C17H16N2O. The third kappa shape index (κ3) is 1.34. The Morgan fingerprint density at radius 1 is 0.900 bits per heavy atom. The van der Waals surface area contributed by atoms with Gasteiger partial charge in [-0.1, -0.05) is 60.7 Å². The fraction of sp³-hybridized carbons (Fsp3) is 0.235. The maximum Gasteiger partial charge on any atom is 0.203 e. The molecule has 0 bridgehead atoms. The molecule has 0 saturated carbocycles. The molecule has 0 amide bonds. The maximum absolute atomic E-state index is 5.88. The van der Waals surface area contributed by atoms with E-state index in [1.807, 2.05) is 48.4 Å². The molecule has 4 rings (SSSR count). The summed E-state index contributed by atoms with van der Waals surface area (Å²) >= 11 is 0. The van der Waals surface area contributed by atoms with E-state index >= 15 is 0 Å². The molecule has 2 aromatic carbocycles. The minimum absolute atomic E-state index is 0.355. The summed E-state index contributed by atoms with van der Waals surface area (Å²) in [5.41, 5.74) is 2.37. The van der Waals surface area contributed by atoms with Crippen LogP contribution in [0.4, 0.5) is 0 Å². The van der Waals surface area contributed by atoms with Crippen LogP contribution < -0.4 is 0 Å². The van der Waals surface area contributed by atoms with Crippen LogP contribution in [0.5, 0.6) is 0 Å². The van der Waals surface area contributed by atoms with Crippen LogP contribution in [-0.4, -0.2) is 16.5 Å². The van der Waals surface area contributed by atoms with Crippen molar-refractivity contribution in [3.8, 4) is 0 Å². The van der Waals surface area contributed by atoms with Gasteiger partial charge < -0.3 is 0 Å². The van der Waals surface area contributed by atoms with Gasteiger partial charge in [-0.05, 0) is 13.8 Å². The molecular weight excluding hydrogens is 248 g/mol. The van der Waals surface area contributed by atoms with Gasteiger partial charge in [0.25, 0.3) is 0 Å². The summed E-state index contributed by atoms with van der Waals surface area (Å²) in [5.74, 6) is 0. The van der Waals surface area contributed by atoms with Crippen molar-refractivity contribution < 1.29 is 4.84 Å². The van der Waals surface area contributed by atoms with Crippen LogP contribution in [0.3, 0.4) is 0 Å². The molecule has 20 heavy (non-hydrogen) atoms. The zero-order valence-electron chi connectivity index (χ0n) is 11.6. The predicted molar refractivity (Wildman–Crippen MR) is 78.1 cm³/mol. The van der Waals surface area contributed by atoms with E-state index in [2.05, 4.69) is 31.2 Å². The summed E-state index contributed by atoms with van der Waals surface area (Å²) in [7, 11) is 0. The number of hydrogen-bond donors (Lipinski definition) is 0. The summed E-state index contributed by atoms with van der Waals surface area (Å²) in [6.45, 7) is 4.10. The van der Waals surface area contributed by atoms with Gasteiger partial charge in [0.1, 0.15) is 0 Å². The van der Waals surface area contributed by atoms with Gasteiger partial charge in [0.15, 0.2) is 5.66 Å². The van der Waals surface area contributed by atoms with Crippen LogP contribution in [0.2, 0.25) is 0 Å². The first kappa shape index (κ1) is 11.8. The lowest BCUT2D eigenvalue weighted by molar-refractivity contribution is 0.0936. The van der Waals surface area contributed by atoms with Crippen molar-refractivity contribution in [3.63, 3.8) is 0 Å². The van der Waals surface area contributed by atoms with Crippen LogP contribution in [0.1, 0.15) is 25.0 Å². The average Bonchev–Trinajstić information content (AvgIpc) is 3.15. The minimum atomic E-state index is -0.554. The molecule has 0 N–H and O–H groups in total. The lowest BCUT2D eigenvalue weighted by Gasteiger charge is -2.28. The molecule has 2 atom stereocenters. The molecule has 2 heterocycles. The van der Waals surface area contributed by atoms with Crippen molar-refractivity contribution in [3.05, 3.63) is 71.8 Å². The van der Waals surface area contributed by atoms with Gasteiger partial charge in [-0.25, -0.2) is 0 Å². The maximum atomic E-state index is 5.88. The third-order valence-corrected chi connectivity index (χ3v) is 4.27. The second-order valence-corrected chi connectivity index (χ2v) is 5.47. The molecule has 2 aliphatic rings. The number of rotatable bonds is 2. The molecule has 0 spiro atoms. The van der Waals surface area contributed by atoms with E-state index in [1.165, 1.54) is 0 Å². The van der Waals surface area contributed by atoms with E-state index in [1.54, 1.807) is 0 Å². The van der Waals surface area contributed by atoms with Gasteiger partial charge in [0.2, 0.25) is 5.72 Å². The largest absolute Gasteiger partial charge is 0.262 e. The van der Waals surface area contributed by atoms with Crippen molar-refractivity contribution in [2.75, 3.05) is 0 Å². The lowest BCUT2D eigenvalue weighted by atomic mass is 9.92. The number of aliphatic imine (C=N–C) groups is 1. The summed E-state index contributed by atoms with van der Waals surface area (Å²) in [5, 5.41) is 2.00. The van der Waals surface area contributed by atoms with Crippen molar-refractivity contribution in [1.29, 1.82) is 0 Å². The quantitative estimate of drug-likeness (QED) is 0.778. The Hall–Kier alpha value is -1.97. The number of hydrogen-bond acceptors (Lipinski definition) is 3. The highest BCUT2D eigenvalue weighted by atomic mass is 16.9. The van der Waals surface area contributed by atoms with Gasteiger partial charge in [-0.2, -0.15) is 0 Å². The predicted octanol–water partition coefficient (Wildman–Crippen LogP) is 3.33. The molecule has 2 aromatic rings. The highest BCUT2D eigenvalue weighted by molar-refractivity contribution is 5.94. The highest BCUT2D eigenvalue weighted by Gasteiger charge is 2.69. The zero-order valence-corrected chi connectivity index (χ0v) is 11.6. The molecule has 0 aromatic heterocycles. The Morgan fingerprint density at radius 3 is 1.75 bits per heavy atom. The van der Waals surface area contributed by atoms with E-state index in [0.717, 1.165) is 16.8 Å². The van der Waals surface area contributed by atoms with Crippen LogP contribution in [0.15, 0.2) is 65.7 Å². The zero-order chi connectivity index (χ0) is 13.8. The second kappa shape index (κ2) is 3.78. The van der Waals surface area contributed by atoms with E-state index < -0.39 is 5.66 Å². The monoisotopic (exact) mass is 264 g/mol. The van der Waals surface area contributed by atoms with Crippen molar-refractivity contribution in [2.24, 2.45) is 4.99 Å². The van der Waals surface area contributed by atoms with Crippen LogP contribution >= 0.6 is 0 Å². The Kier molecular flexibility index (Phi) is 2.23. The van der Waals surface area contributed by atoms with Crippen LogP contribution in [-0.2, 0) is 10.5 Å². The van der Waals surface area contributed by atoms with Gasteiger partial charge in [-0.15, -0.1) is 5.06 Å². The van der Waals surface area contributed by atoms with Gasteiger partial charge in [0, 0.05) is 11.1 Å². The number of hydroxylamine groups is 2. The first-order valence-corrected chi connectivity index (χ1v) is 6.85. The summed E-state index contributed by atoms with van der Waals surface area (Å²) in [6.07, 6.45) is 0. The van der Waals surface area contributed by atoms with Crippen LogP contribution in [0.25, 0.3) is 0 Å². The van der Waals surface area contributed by atoms with Crippen molar-refractivity contribution >= 4 is 5.71 Å². The fourth-order valence-corrected chi connectivity index (χ4v) is 3.01. The van der Waals surface area contributed by atoms with Gasteiger partial charge >= 0.3 is 0 Å². The second-order valence-electron chi connectivity index (χ2n) is 5.47. The number of benzene rings is 2. The first-order valence-electron chi connectivity index (χ1n) is 6.85. The Balaban J connectivity index is 1.97. The highest BCUT2D eigenvalue weighted by Crippen LogP contribution is 2.56. The molecule has 0 aliphatic carbocycles. The normalized spacial score (nSPS) is 29.7. The molecule has 2 unspecified atom stereocenters. The fourth-order valence-electron chi connectivity index (χ4n) is 3.01. The van der Waals surface area contributed by atoms with Gasteiger partial charge in [0.05, 0.1) is 5.71 Å². The van der Waals surface area contributed by atoms with E-state index in [4.69, 9.17) is 9.83 Å². The number of fused-ring (bicyclic) bond motifs is 1. The van der Waals surface area contributed by atoms with Crippen molar-refractivity contribution in [2.45, 2.75) is 25.2 Å². The SMILES string of the molecule is CC1=NC(c2ccccc2)(c2ccccc2)N2OC12C. The molecule has 3 heteroatoms. The summed E-state index contributed by atoms with van der Waals surface area (Å²) in [4.78, 5) is 10.9. The smallest absolute Gasteiger partial charge is 0.203 e. The summed E-state index contributed by atoms with van der Waals surface area (Å²) in [6, 6.07) is 20.7. The van der Waals surface area contributed by atoms with Gasteiger partial charge in [-0.3, -0.25) is 9.83 Å². The molecule has 1 fully saturated rings. The molecule has 1 saturated heterocycles.